The molecule has 0 saturated heterocycles. The lowest BCUT2D eigenvalue weighted by Gasteiger charge is -1.89. The summed E-state index contributed by atoms with van der Waals surface area (Å²) in [6.07, 6.45) is 4.76. The fraction of sp³-hybridized carbons (Fsp3) is 0.0909. The molecule has 2 rings (SSSR count). The molecular weight excluding hydrogens is 222 g/mol. The molecule has 0 bridgehead atoms. The van der Waals surface area contributed by atoms with Crippen molar-refractivity contribution in [3.05, 3.63) is 51.7 Å². The molecule has 0 fully saturated rings. The van der Waals surface area contributed by atoms with Crippen LogP contribution in [0.3, 0.4) is 0 Å². The van der Waals surface area contributed by atoms with Crippen LogP contribution in [0.4, 0.5) is 5.69 Å². The quantitative estimate of drug-likeness (QED) is 0.598. The second-order valence-electron chi connectivity index (χ2n) is 3.33. The molecule has 0 unspecified atom stereocenters. The Morgan fingerprint density at radius 3 is 2.88 bits per heavy atom. The normalized spacial score (nSPS) is 10.9. The first-order valence-corrected chi connectivity index (χ1v) is 4.88. The van der Waals surface area contributed by atoms with Gasteiger partial charge >= 0.3 is 5.69 Å². The molecule has 0 aliphatic rings. The minimum atomic E-state index is -0.510. The SMILES string of the molecule is Cc1noc(C=Cc2ccccn2)c1[N+](=O)[O-]. The van der Waals surface area contributed by atoms with Gasteiger partial charge < -0.3 is 4.52 Å². The summed E-state index contributed by atoms with van der Waals surface area (Å²) in [6.45, 7) is 1.53. The topological polar surface area (TPSA) is 82.1 Å². The lowest BCUT2D eigenvalue weighted by atomic mass is 10.2. The van der Waals surface area contributed by atoms with Gasteiger partial charge in [-0.25, -0.2) is 0 Å². The standard InChI is InChI=1S/C11H9N3O3/c1-8-11(14(15)16)10(17-13-8)6-5-9-4-2-3-7-12-9/h2-7H,1H3. The van der Waals surface area contributed by atoms with E-state index in [2.05, 4.69) is 10.1 Å². The molecular formula is C11H9N3O3. The van der Waals surface area contributed by atoms with Crippen LogP contribution in [0, 0.1) is 17.0 Å². The van der Waals surface area contributed by atoms with Crippen LogP contribution >= 0.6 is 0 Å². The van der Waals surface area contributed by atoms with E-state index in [0.717, 1.165) is 0 Å². The van der Waals surface area contributed by atoms with Crippen molar-refractivity contribution in [1.29, 1.82) is 0 Å². The van der Waals surface area contributed by atoms with Crippen molar-refractivity contribution in [3.63, 3.8) is 0 Å². The molecule has 0 aromatic carbocycles. The highest BCUT2D eigenvalue weighted by atomic mass is 16.6. The van der Waals surface area contributed by atoms with Gasteiger partial charge in [0, 0.05) is 6.20 Å². The van der Waals surface area contributed by atoms with Crippen LogP contribution in [0.15, 0.2) is 28.9 Å². The Hall–Kier alpha value is -2.50. The number of aromatic nitrogens is 2. The summed E-state index contributed by atoms with van der Waals surface area (Å²) in [6, 6.07) is 5.40. The van der Waals surface area contributed by atoms with Gasteiger partial charge in [0.25, 0.3) is 0 Å². The molecule has 0 aliphatic carbocycles. The molecule has 6 nitrogen and oxygen atoms in total. The predicted molar refractivity (Wildman–Crippen MR) is 61.1 cm³/mol. The zero-order valence-corrected chi connectivity index (χ0v) is 9.03. The maximum atomic E-state index is 10.8. The summed E-state index contributed by atoms with van der Waals surface area (Å²) in [5, 5.41) is 14.3. The smallest absolute Gasteiger partial charge is 0.338 e. The van der Waals surface area contributed by atoms with Crippen molar-refractivity contribution in [2.24, 2.45) is 0 Å². The van der Waals surface area contributed by atoms with E-state index in [1.165, 1.54) is 13.0 Å². The van der Waals surface area contributed by atoms with Crippen LogP contribution in [-0.4, -0.2) is 15.1 Å². The van der Waals surface area contributed by atoms with Gasteiger partial charge in [-0.2, -0.15) is 0 Å². The van der Waals surface area contributed by atoms with Crippen LogP contribution in [0.25, 0.3) is 12.2 Å². The third kappa shape index (κ3) is 2.36. The minimum Gasteiger partial charge on any atom is -0.349 e. The van der Waals surface area contributed by atoms with Gasteiger partial charge in [0.05, 0.1) is 10.6 Å². The number of pyridine rings is 1. The third-order valence-corrected chi connectivity index (χ3v) is 2.13. The van der Waals surface area contributed by atoms with Crippen LogP contribution in [0.5, 0.6) is 0 Å². The molecule has 0 aliphatic heterocycles. The van der Waals surface area contributed by atoms with E-state index in [4.69, 9.17) is 4.52 Å². The zero-order valence-electron chi connectivity index (χ0n) is 9.03. The third-order valence-electron chi connectivity index (χ3n) is 2.13. The number of aryl methyl sites for hydroxylation is 1. The highest BCUT2D eigenvalue weighted by Crippen LogP contribution is 2.24. The molecule has 0 saturated carbocycles. The summed E-state index contributed by atoms with van der Waals surface area (Å²) in [7, 11) is 0. The molecule has 2 aromatic heterocycles. The van der Waals surface area contributed by atoms with E-state index in [-0.39, 0.29) is 17.1 Å². The van der Waals surface area contributed by atoms with Crippen molar-refractivity contribution < 1.29 is 9.45 Å². The molecule has 6 heteroatoms. The molecule has 86 valence electrons. The maximum absolute atomic E-state index is 10.8. The molecule has 0 amide bonds. The van der Waals surface area contributed by atoms with Crippen molar-refractivity contribution in [2.75, 3.05) is 0 Å². The van der Waals surface area contributed by atoms with E-state index in [9.17, 15) is 10.1 Å². The molecule has 2 heterocycles. The first-order chi connectivity index (χ1) is 8.18. The fourth-order valence-electron chi connectivity index (χ4n) is 1.35. The van der Waals surface area contributed by atoms with E-state index in [1.54, 1.807) is 24.4 Å². The van der Waals surface area contributed by atoms with E-state index in [1.807, 2.05) is 6.07 Å². The number of hydrogen-bond acceptors (Lipinski definition) is 5. The lowest BCUT2D eigenvalue weighted by Crippen LogP contribution is -1.90. The highest BCUT2D eigenvalue weighted by Gasteiger charge is 2.21. The van der Waals surface area contributed by atoms with Gasteiger partial charge in [0.1, 0.15) is 0 Å². The van der Waals surface area contributed by atoms with Crippen molar-refractivity contribution in [3.8, 4) is 0 Å². The molecule has 0 radical (unpaired) electrons. The second-order valence-corrected chi connectivity index (χ2v) is 3.33. The van der Waals surface area contributed by atoms with Crippen LogP contribution < -0.4 is 0 Å². The number of hydrogen-bond donors (Lipinski definition) is 0. The number of rotatable bonds is 3. The Balaban J connectivity index is 2.31. The Labute approximate surface area is 96.7 Å². The summed E-state index contributed by atoms with van der Waals surface area (Å²) < 4.78 is 4.87. The molecule has 0 spiro atoms. The summed E-state index contributed by atoms with van der Waals surface area (Å²) in [4.78, 5) is 14.3. The largest absolute Gasteiger partial charge is 0.349 e. The first kappa shape index (κ1) is 11.0. The Morgan fingerprint density at radius 2 is 2.24 bits per heavy atom. The molecule has 0 N–H and O–H groups in total. The van der Waals surface area contributed by atoms with Crippen molar-refractivity contribution in [2.45, 2.75) is 6.92 Å². The second kappa shape index (κ2) is 4.56. The Bertz CT molecular complexity index is 561. The average molecular weight is 231 g/mol. The van der Waals surface area contributed by atoms with Crippen molar-refractivity contribution >= 4 is 17.8 Å². The number of nitrogens with zero attached hydrogens (tertiary/aromatic N) is 3. The first-order valence-electron chi connectivity index (χ1n) is 4.88. The lowest BCUT2D eigenvalue weighted by molar-refractivity contribution is -0.386. The summed E-state index contributed by atoms with van der Waals surface area (Å²) >= 11 is 0. The zero-order chi connectivity index (χ0) is 12.3. The van der Waals surface area contributed by atoms with E-state index < -0.39 is 4.92 Å². The van der Waals surface area contributed by atoms with Gasteiger partial charge in [-0.05, 0) is 31.2 Å². The van der Waals surface area contributed by atoms with Gasteiger partial charge in [-0.15, -0.1) is 0 Å². The molecule has 17 heavy (non-hydrogen) atoms. The monoisotopic (exact) mass is 231 g/mol. The van der Waals surface area contributed by atoms with Gasteiger partial charge in [-0.3, -0.25) is 15.1 Å². The fourth-order valence-corrected chi connectivity index (χ4v) is 1.35. The van der Waals surface area contributed by atoms with Crippen LogP contribution in [0.2, 0.25) is 0 Å². The predicted octanol–water partition coefficient (Wildman–Crippen LogP) is 2.46. The van der Waals surface area contributed by atoms with E-state index >= 15 is 0 Å². The highest BCUT2D eigenvalue weighted by molar-refractivity contribution is 5.70. The Kier molecular flexibility index (Phi) is 2.95. The van der Waals surface area contributed by atoms with Crippen LogP contribution in [-0.2, 0) is 0 Å². The maximum Gasteiger partial charge on any atom is 0.338 e. The van der Waals surface area contributed by atoms with Gasteiger partial charge in [0.15, 0.2) is 5.69 Å². The van der Waals surface area contributed by atoms with Gasteiger partial charge in [-0.1, -0.05) is 11.2 Å². The van der Waals surface area contributed by atoms with Crippen LogP contribution in [0.1, 0.15) is 17.1 Å². The Morgan fingerprint density at radius 1 is 1.41 bits per heavy atom. The van der Waals surface area contributed by atoms with Gasteiger partial charge in [0.2, 0.25) is 5.76 Å². The van der Waals surface area contributed by atoms with E-state index in [0.29, 0.717) is 5.69 Å². The minimum absolute atomic E-state index is 0.114. The van der Waals surface area contributed by atoms with Crippen molar-refractivity contribution in [1.82, 2.24) is 10.1 Å². The summed E-state index contributed by atoms with van der Waals surface area (Å²) in [5.74, 6) is 0.123. The summed E-state index contributed by atoms with van der Waals surface area (Å²) in [5.41, 5.74) is 0.837. The molecule has 0 atom stereocenters. The number of nitro groups is 1. The average Bonchev–Trinajstić information content (AvgIpc) is 2.69. The molecule has 2 aromatic rings.